The van der Waals surface area contributed by atoms with Gasteiger partial charge in [0.05, 0.1) is 18.4 Å². The van der Waals surface area contributed by atoms with Crippen molar-refractivity contribution in [2.75, 3.05) is 18.6 Å². The monoisotopic (exact) mass is 364 g/mol. The molecular weight excluding hydrogens is 344 g/mol. The number of rotatable bonds is 3. The highest BCUT2D eigenvalue weighted by Gasteiger charge is 2.26. The smallest absolute Gasteiger partial charge is 0.277 e. The number of nitrogens with zero attached hydrogens (tertiary/aromatic N) is 2. The third-order valence-corrected chi connectivity index (χ3v) is 5.60. The number of amides is 1. The Morgan fingerprint density at radius 3 is 2.88 bits per heavy atom. The first-order chi connectivity index (χ1) is 12.7. The Bertz CT molecular complexity index is 964. The van der Waals surface area contributed by atoms with Gasteiger partial charge in [0.25, 0.3) is 5.91 Å². The fraction of sp³-hybridized carbons (Fsp3) is 0.238. The molecule has 132 valence electrons. The Balaban J connectivity index is 1.69. The molecule has 0 fully saturated rings. The van der Waals surface area contributed by atoms with Crippen LogP contribution in [0.25, 0.3) is 10.6 Å². The molecule has 0 unspecified atom stereocenters. The summed E-state index contributed by atoms with van der Waals surface area (Å²) in [4.78, 5) is 19.7. The number of anilines is 1. The van der Waals surface area contributed by atoms with Crippen LogP contribution in [0, 0.1) is 6.92 Å². The van der Waals surface area contributed by atoms with Crippen molar-refractivity contribution in [3.8, 4) is 16.3 Å². The number of para-hydroxylation sites is 2. The van der Waals surface area contributed by atoms with Gasteiger partial charge in [-0.05, 0) is 43.0 Å². The van der Waals surface area contributed by atoms with Gasteiger partial charge >= 0.3 is 0 Å². The lowest BCUT2D eigenvalue weighted by Crippen LogP contribution is -2.36. The lowest BCUT2D eigenvalue weighted by atomic mass is 9.98. The van der Waals surface area contributed by atoms with Gasteiger partial charge in [0, 0.05) is 11.9 Å². The number of thiazole rings is 1. The summed E-state index contributed by atoms with van der Waals surface area (Å²) in [6.45, 7) is 2.80. The normalized spacial score (nSPS) is 13.4. The molecule has 0 saturated heterocycles. The number of fused-ring (bicyclic) bond motifs is 1. The Morgan fingerprint density at radius 1 is 1.19 bits per heavy atom. The zero-order valence-corrected chi connectivity index (χ0v) is 15.7. The molecule has 0 saturated carbocycles. The van der Waals surface area contributed by atoms with Crippen molar-refractivity contribution >= 4 is 22.9 Å². The van der Waals surface area contributed by atoms with Gasteiger partial charge in [-0.3, -0.25) is 4.79 Å². The van der Waals surface area contributed by atoms with Crippen LogP contribution in [-0.4, -0.2) is 24.5 Å². The van der Waals surface area contributed by atoms with Gasteiger partial charge in [0.15, 0.2) is 0 Å². The number of hydrogen-bond acceptors (Lipinski definition) is 4. The van der Waals surface area contributed by atoms with E-state index in [0.29, 0.717) is 5.69 Å². The highest BCUT2D eigenvalue weighted by molar-refractivity contribution is 7.13. The second-order valence-corrected chi connectivity index (χ2v) is 7.24. The van der Waals surface area contributed by atoms with E-state index in [9.17, 15) is 4.79 Å². The van der Waals surface area contributed by atoms with E-state index in [2.05, 4.69) is 30.1 Å². The maximum absolute atomic E-state index is 13.2. The molecule has 5 heteroatoms. The number of ether oxygens (including phenoxy) is 1. The zero-order chi connectivity index (χ0) is 18.1. The van der Waals surface area contributed by atoms with Crippen LogP contribution in [0.1, 0.15) is 28.0 Å². The topological polar surface area (TPSA) is 42.4 Å². The molecule has 3 aromatic rings. The van der Waals surface area contributed by atoms with E-state index >= 15 is 0 Å². The highest BCUT2D eigenvalue weighted by atomic mass is 32.1. The first kappa shape index (κ1) is 16.8. The van der Waals surface area contributed by atoms with E-state index in [-0.39, 0.29) is 5.91 Å². The molecule has 0 radical (unpaired) electrons. The maximum atomic E-state index is 13.2. The average molecular weight is 364 g/mol. The molecule has 0 bridgehead atoms. The largest absolute Gasteiger partial charge is 0.496 e. The maximum Gasteiger partial charge on any atom is 0.277 e. The molecule has 4 nitrogen and oxygen atoms in total. The molecule has 2 heterocycles. The van der Waals surface area contributed by atoms with Gasteiger partial charge in [-0.15, -0.1) is 11.3 Å². The van der Waals surface area contributed by atoms with Crippen LogP contribution in [0.2, 0.25) is 0 Å². The summed E-state index contributed by atoms with van der Waals surface area (Å²) in [6, 6.07) is 14.0. The highest BCUT2D eigenvalue weighted by Crippen LogP contribution is 2.34. The molecule has 0 spiro atoms. The Labute approximate surface area is 157 Å². The van der Waals surface area contributed by atoms with Gasteiger partial charge in [-0.2, -0.15) is 0 Å². The number of carbonyl (C=O) groups excluding carboxylic acids is 1. The van der Waals surface area contributed by atoms with Crippen LogP contribution in [0.3, 0.4) is 0 Å². The van der Waals surface area contributed by atoms with Crippen molar-refractivity contribution in [1.29, 1.82) is 0 Å². The average Bonchev–Trinajstić information content (AvgIpc) is 3.17. The van der Waals surface area contributed by atoms with E-state index < -0.39 is 0 Å². The molecule has 26 heavy (non-hydrogen) atoms. The summed E-state index contributed by atoms with van der Waals surface area (Å²) in [7, 11) is 1.64. The van der Waals surface area contributed by atoms with E-state index in [1.807, 2.05) is 34.5 Å². The Hall–Kier alpha value is -2.66. The Kier molecular flexibility index (Phi) is 4.47. The van der Waals surface area contributed by atoms with Gasteiger partial charge in [0.2, 0.25) is 0 Å². The minimum absolute atomic E-state index is 0.0300. The molecule has 1 aliphatic rings. The summed E-state index contributed by atoms with van der Waals surface area (Å²) in [5, 5.41) is 2.64. The summed E-state index contributed by atoms with van der Waals surface area (Å²) in [5.41, 5.74) is 4.83. The van der Waals surface area contributed by atoms with Crippen molar-refractivity contribution in [1.82, 2.24) is 4.98 Å². The van der Waals surface area contributed by atoms with E-state index in [4.69, 9.17) is 4.74 Å². The third kappa shape index (κ3) is 2.88. The second kappa shape index (κ2) is 6.92. The number of aryl methyl sites for hydroxylation is 2. The third-order valence-electron chi connectivity index (χ3n) is 4.72. The van der Waals surface area contributed by atoms with E-state index in [1.54, 1.807) is 7.11 Å². The van der Waals surface area contributed by atoms with E-state index in [1.165, 1.54) is 16.9 Å². The van der Waals surface area contributed by atoms with Crippen molar-refractivity contribution in [3.05, 3.63) is 64.7 Å². The molecule has 0 atom stereocenters. The van der Waals surface area contributed by atoms with Crippen molar-refractivity contribution in [2.45, 2.75) is 19.8 Å². The summed E-state index contributed by atoms with van der Waals surface area (Å²) in [5.74, 6) is 0.734. The quantitative estimate of drug-likeness (QED) is 0.675. The molecule has 0 aliphatic carbocycles. The van der Waals surface area contributed by atoms with Gasteiger partial charge in [0.1, 0.15) is 16.5 Å². The molecule has 2 aromatic carbocycles. The number of benzene rings is 2. The lowest BCUT2D eigenvalue weighted by molar-refractivity contribution is 0.0981. The molecule has 1 aromatic heterocycles. The van der Waals surface area contributed by atoms with Crippen molar-refractivity contribution < 1.29 is 9.53 Å². The second-order valence-electron chi connectivity index (χ2n) is 6.38. The predicted molar refractivity (Wildman–Crippen MR) is 105 cm³/mol. The summed E-state index contributed by atoms with van der Waals surface area (Å²) in [6.07, 6.45) is 2.00. The minimum atomic E-state index is -0.0300. The first-order valence-electron chi connectivity index (χ1n) is 8.68. The van der Waals surface area contributed by atoms with Gasteiger partial charge < -0.3 is 9.64 Å². The zero-order valence-electron chi connectivity index (χ0n) is 14.9. The standard InChI is InChI=1S/C21H20N2O2S/c1-14-7-5-8-15-9-6-12-23(19(14)15)21(24)17-13-26-20(22-17)16-10-3-4-11-18(16)25-2/h3-5,7-8,10-11,13H,6,9,12H2,1-2H3. The molecule has 1 aliphatic heterocycles. The fourth-order valence-electron chi connectivity index (χ4n) is 3.51. The van der Waals surface area contributed by atoms with Crippen molar-refractivity contribution in [3.63, 3.8) is 0 Å². The number of aromatic nitrogens is 1. The van der Waals surface area contributed by atoms with Crippen LogP contribution in [-0.2, 0) is 6.42 Å². The SMILES string of the molecule is COc1ccccc1-c1nc(C(=O)N2CCCc3cccc(C)c32)cs1. The van der Waals surface area contributed by atoms with Crippen LogP contribution < -0.4 is 9.64 Å². The summed E-state index contributed by atoms with van der Waals surface area (Å²) >= 11 is 1.47. The van der Waals surface area contributed by atoms with Crippen LogP contribution in [0.4, 0.5) is 5.69 Å². The molecular formula is C21H20N2O2S. The van der Waals surface area contributed by atoms with Gasteiger partial charge in [-0.1, -0.05) is 30.3 Å². The minimum Gasteiger partial charge on any atom is -0.496 e. The van der Waals surface area contributed by atoms with Crippen LogP contribution >= 0.6 is 11.3 Å². The molecule has 1 amide bonds. The van der Waals surface area contributed by atoms with Crippen LogP contribution in [0.5, 0.6) is 5.75 Å². The number of methoxy groups -OCH3 is 1. The van der Waals surface area contributed by atoms with E-state index in [0.717, 1.165) is 47.0 Å². The Morgan fingerprint density at radius 2 is 2.04 bits per heavy atom. The molecule has 0 N–H and O–H groups in total. The fourth-order valence-corrected chi connectivity index (χ4v) is 4.33. The predicted octanol–water partition coefficient (Wildman–Crippen LogP) is 4.72. The van der Waals surface area contributed by atoms with Gasteiger partial charge in [-0.25, -0.2) is 4.98 Å². The molecule has 4 rings (SSSR count). The number of hydrogen-bond donors (Lipinski definition) is 0. The summed E-state index contributed by atoms with van der Waals surface area (Å²) < 4.78 is 5.42. The lowest BCUT2D eigenvalue weighted by Gasteiger charge is -2.30. The number of carbonyl (C=O) groups is 1. The first-order valence-corrected chi connectivity index (χ1v) is 9.56. The van der Waals surface area contributed by atoms with Crippen LogP contribution in [0.15, 0.2) is 47.8 Å². The van der Waals surface area contributed by atoms with Crippen molar-refractivity contribution in [2.24, 2.45) is 0 Å².